The molecule has 2 nitrogen and oxygen atoms in total. The fraction of sp³-hybridized carbons (Fsp3) is 0.571. The third kappa shape index (κ3) is 3.19. The lowest BCUT2D eigenvalue weighted by atomic mass is 9.82. The number of hydrogen-bond donors (Lipinski definition) is 1. The Kier molecular flexibility index (Phi) is 3.38. The first-order valence-electron chi connectivity index (χ1n) is 6.23. The lowest BCUT2D eigenvalue weighted by molar-refractivity contribution is 0.127. The van der Waals surface area contributed by atoms with Crippen LogP contribution < -0.4 is 5.73 Å². The number of nitrogens with two attached hydrogens (primary N) is 1. The largest absolute Gasteiger partial charge is 0.396 e. The molecule has 0 amide bonds. The van der Waals surface area contributed by atoms with E-state index in [0.717, 1.165) is 25.2 Å². The van der Waals surface area contributed by atoms with E-state index in [0.29, 0.717) is 5.41 Å². The molecule has 1 heterocycles. The second-order valence-electron chi connectivity index (χ2n) is 5.80. The van der Waals surface area contributed by atoms with Crippen LogP contribution in [0.2, 0.25) is 0 Å². The molecular weight excluding hydrogens is 215 g/mol. The molecule has 0 bridgehead atoms. The van der Waals surface area contributed by atoms with Crippen LogP contribution in [0.1, 0.15) is 32.3 Å². The molecule has 0 saturated carbocycles. The maximum Gasteiger partial charge on any atom is 0.146 e. The van der Waals surface area contributed by atoms with E-state index in [2.05, 4.69) is 18.7 Å². The zero-order chi connectivity index (χ0) is 12.5. The van der Waals surface area contributed by atoms with Crippen LogP contribution >= 0.6 is 0 Å². The van der Waals surface area contributed by atoms with Crippen molar-refractivity contribution in [2.45, 2.75) is 33.2 Å². The molecular formula is C14H21FN2. The summed E-state index contributed by atoms with van der Waals surface area (Å²) in [4.78, 5) is 2.39. The molecule has 2 N–H and O–H groups in total. The molecule has 0 aliphatic carbocycles. The number of benzene rings is 1. The van der Waals surface area contributed by atoms with Crippen molar-refractivity contribution in [3.05, 3.63) is 29.6 Å². The second kappa shape index (κ2) is 4.65. The minimum atomic E-state index is -0.306. The van der Waals surface area contributed by atoms with Crippen LogP contribution in [-0.2, 0) is 6.54 Å². The number of piperidine rings is 1. The fourth-order valence-corrected chi connectivity index (χ4v) is 2.24. The van der Waals surface area contributed by atoms with E-state index < -0.39 is 0 Å². The number of nitrogens with zero attached hydrogens (tertiary/aromatic N) is 1. The quantitative estimate of drug-likeness (QED) is 0.800. The summed E-state index contributed by atoms with van der Waals surface area (Å²) in [7, 11) is 0. The Morgan fingerprint density at radius 3 is 2.53 bits per heavy atom. The molecule has 1 aromatic rings. The van der Waals surface area contributed by atoms with Gasteiger partial charge in [0.25, 0.3) is 0 Å². The van der Waals surface area contributed by atoms with Crippen molar-refractivity contribution in [1.82, 2.24) is 4.90 Å². The lowest BCUT2D eigenvalue weighted by Gasteiger charge is -2.36. The third-order valence-corrected chi connectivity index (χ3v) is 3.68. The van der Waals surface area contributed by atoms with Gasteiger partial charge >= 0.3 is 0 Å². The highest BCUT2D eigenvalue weighted by Gasteiger charge is 2.25. The second-order valence-corrected chi connectivity index (χ2v) is 5.80. The SMILES string of the molecule is CC1(C)CCN(Cc2ccc(N)c(F)c2)CC1. The summed E-state index contributed by atoms with van der Waals surface area (Å²) in [6.45, 7) is 7.64. The average Bonchev–Trinajstić information content (AvgIpc) is 2.27. The summed E-state index contributed by atoms with van der Waals surface area (Å²) in [6, 6.07) is 5.12. The number of hydrogen-bond acceptors (Lipinski definition) is 2. The van der Waals surface area contributed by atoms with Gasteiger partial charge in [-0.15, -0.1) is 0 Å². The van der Waals surface area contributed by atoms with Gasteiger partial charge in [0.1, 0.15) is 5.82 Å². The van der Waals surface area contributed by atoms with Gasteiger partial charge in [0, 0.05) is 6.54 Å². The van der Waals surface area contributed by atoms with Gasteiger partial charge in [0.15, 0.2) is 0 Å². The molecule has 1 fully saturated rings. The summed E-state index contributed by atoms with van der Waals surface area (Å²) in [5, 5.41) is 0. The van der Waals surface area contributed by atoms with Crippen molar-refractivity contribution in [2.75, 3.05) is 18.8 Å². The van der Waals surface area contributed by atoms with E-state index in [-0.39, 0.29) is 11.5 Å². The van der Waals surface area contributed by atoms with Crippen LogP contribution in [0, 0.1) is 11.2 Å². The number of nitrogen functional groups attached to an aromatic ring is 1. The van der Waals surface area contributed by atoms with E-state index >= 15 is 0 Å². The van der Waals surface area contributed by atoms with Crippen molar-refractivity contribution in [3.63, 3.8) is 0 Å². The summed E-state index contributed by atoms with van der Waals surface area (Å²) in [6.07, 6.45) is 2.43. The van der Waals surface area contributed by atoms with Crippen molar-refractivity contribution >= 4 is 5.69 Å². The van der Waals surface area contributed by atoms with Gasteiger partial charge in [-0.2, -0.15) is 0 Å². The van der Waals surface area contributed by atoms with E-state index in [1.54, 1.807) is 12.1 Å². The Labute approximate surface area is 103 Å². The minimum absolute atomic E-state index is 0.230. The topological polar surface area (TPSA) is 29.3 Å². The van der Waals surface area contributed by atoms with Crippen LogP contribution in [0.15, 0.2) is 18.2 Å². The normalized spacial score (nSPS) is 20.4. The first-order valence-corrected chi connectivity index (χ1v) is 6.23. The molecule has 0 spiro atoms. The number of anilines is 1. The lowest BCUT2D eigenvalue weighted by Crippen LogP contribution is -2.36. The maximum atomic E-state index is 13.3. The Bertz CT molecular complexity index is 391. The van der Waals surface area contributed by atoms with Crippen molar-refractivity contribution in [2.24, 2.45) is 5.41 Å². The predicted molar refractivity (Wildman–Crippen MR) is 69.1 cm³/mol. The number of halogens is 1. The van der Waals surface area contributed by atoms with Gasteiger partial charge in [-0.3, -0.25) is 4.90 Å². The molecule has 0 atom stereocenters. The summed E-state index contributed by atoms with van der Waals surface area (Å²) in [5.41, 5.74) is 7.17. The standard InChI is InChI=1S/C14H21FN2/c1-14(2)5-7-17(8-6-14)10-11-3-4-13(16)12(15)9-11/h3-4,9H,5-8,10,16H2,1-2H3. The Morgan fingerprint density at radius 1 is 1.29 bits per heavy atom. The van der Waals surface area contributed by atoms with Gasteiger partial charge in [0.2, 0.25) is 0 Å². The smallest absolute Gasteiger partial charge is 0.146 e. The third-order valence-electron chi connectivity index (χ3n) is 3.68. The van der Waals surface area contributed by atoms with E-state index in [9.17, 15) is 4.39 Å². The average molecular weight is 236 g/mol. The summed E-state index contributed by atoms with van der Waals surface area (Å²) >= 11 is 0. The first-order chi connectivity index (χ1) is 7.96. The zero-order valence-corrected chi connectivity index (χ0v) is 10.7. The van der Waals surface area contributed by atoms with Gasteiger partial charge in [-0.25, -0.2) is 4.39 Å². The predicted octanol–water partition coefficient (Wildman–Crippen LogP) is 3.03. The molecule has 17 heavy (non-hydrogen) atoms. The minimum Gasteiger partial charge on any atom is -0.396 e. The Morgan fingerprint density at radius 2 is 1.94 bits per heavy atom. The molecule has 0 aromatic heterocycles. The zero-order valence-electron chi connectivity index (χ0n) is 10.7. The molecule has 1 saturated heterocycles. The van der Waals surface area contributed by atoms with Crippen LogP contribution in [-0.4, -0.2) is 18.0 Å². The molecule has 1 aliphatic heterocycles. The van der Waals surface area contributed by atoms with Crippen molar-refractivity contribution in [1.29, 1.82) is 0 Å². The Hall–Kier alpha value is -1.09. The van der Waals surface area contributed by atoms with Gasteiger partial charge in [0.05, 0.1) is 5.69 Å². The van der Waals surface area contributed by atoms with Crippen LogP contribution in [0.4, 0.5) is 10.1 Å². The first kappa shape index (κ1) is 12.4. The van der Waals surface area contributed by atoms with Gasteiger partial charge < -0.3 is 5.73 Å². The molecule has 2 rings (SSSR count). The molecule has 3 heteroatoms. The van der Waals surface area contributed by atoms with Crippen LogP contribution in [0.25, 0.3) is 0 Å². The highest BCUT2D eigenvalue weighted by Crippen LogP contribution is 2.30. The molecule has 0 radical (unpaired) electrons. The van der Waals surface area contributed by atoms with E-state index in [1.165, 1.54) is 12.8 Å². The number of rotatable bonds is 2. The highest BCUT2D eigenvalue weighted by molar-refractivity contribution is 5.41. The van der Waals surface area contributed by atoms with E-state index in [4.69, 9.17) is 5.73 Å². The van der Waals surface area contributed by atoms with Crippen molar-refractivity contribution < 1.29 is 4.39 Å². The molecule has 1 aromatic carbocycles. The molecule has 0 unspecified atom stereocenters. The summed E-state index contributed by atoms with van der Waals surface area (Å²) < 4.78 is 13.3. The summed E-state index contributed by atoms with van der Waals surface area (Å²) in [5.74, 6) is -0.306. The highest BCUT2D eigenvalue weighted by atomic mass is 19.1. The maximum absolute atomic E-state index is 13.3. The fourth-order valence-electron chi connectivity index (χ4n) is 2.24. The van der Waals surface area contributed by atoms with Crippen LogP contribution in [0.3, 0.4) is 0 Å². The molecule has 94 valence electrons. The Balaban J connectivity index is 1.95. The monoisotopic (exact) mass is 236 g/mol. The van der Waals surface area contributed by atoms with Crippen molar-refractivity contribution in [3.8, 4) is 0 Å². The van der Waals surface area contributed by atoms with Gasteiger partial charge in [-0.1, -0.05) is 19.9 Å². The molecule has 1 aliphatic rings. The number of likely N-dealkylation sites (tertiary alicyclic amines) is 1. The van der Waals surface area contributed by atoms with Gasteiger partial charge in [-0.05, 0) is 49.0 Å². The van der Waals surface area contributed by atoms with Crippen LogP contribution in [0.5, 0.6) is 0 Å². The van der Waals surface area contributed by atoms with E-state index in [1.807, 2.05) is 6.07 Å².